The molecule has 18 heteroatoms. The van der Waals surface area contributed by atoms with Crippen molar-refractivity contribution in [1.82, 2.24) is 15.3 Å². The Hall–Kier alpha value is -3.99. The maximum absolute atomic E-state index is 14.6. The Labute approximate surface area is 265 Å². The van der Waals surface area contributed by atoms with Crippen LogP contribution in [0.1, 0.15) is 42.1 Å². The van der Waals surface area contributed by atoms with Gasteiger partial charge in [0.1, 0.15) is 11.9 Å². The number of nitrogens with zero attached hydrogens (tertiary/aromatic N) is 3. The van der Waals surface area contributed by atoms with Crippen molar-refractivity contribution in [1.29, 1.82) is 0 Å². The number of alkyl halides is 9. The molecule has 0 saturated carbocycles. The van der Waals surface area contributed by atoms with Crippen LogP contribution in [0.2, 0.25) is 5.02 Å². The molecule has 3 aromatic rings. The summed E-state index contributed by atoms with van der Waals surface area (Å²) in [5.74, 6) is -1.99. The van der Waals surface area contributed by atoms with Gasteiger partial charge in [-0.2, -0.15) is 49.5 Å². The molecule has 2 aromatic carbocycles. The summed E-state index contributed by atoms with van der Waals surface area (Å²) in [5, 5.41) is 12.0. The summed E-state index contributed by atoms with van der Waals surface area (Å²) in [6, 6.07) is 3.42. The van der Waals surface area contributed by atoms with Crippen LogP contribution < -0.4 is 20.7 Å². The summed E-state index contributed by atoms with van der Waals surface area (Å²) in [6.45, 7) is 1.18. The van der Waals surface area contributed by atoms with Crippen molar-refractivity contribution in [2.24, 2.45) is 5.41 Å². The molecule has 3 heterocycles. The van der Waals surface area contributed by atoms with Crippen molar-refractivity contribution >= 4 is 29.3 Å². The zero-order valence-electron chi connectivity index (χ0n) is 23.9. The number of aromatic nitrogens is 2. The third-order valence-corrected chi connectivity index (χ3v) is 8.48. The van der Waals surface area contributed by atoms with E-state index in [-0.39, 0.29) is 22.3 Å². The normalized spacial score (nSPS) is 19.2. The summed E-state index contributed by atoms with van der Waals surface area (Å²) in [7, 11) is 0. The molecule has 2 fully saturated rings. The van der Waals surface area contributed by atoms with Gasteiger partial charge in [0, 0.05) is 36.3 Å². The van der Waals surface area contributed by atoms with E-state index in [4.69, 9.17) is 22.1 Å². The Morgan fingerprint density at radius 2 is 1.60 bits per heavy atom. The maximum atomic E-state index is 14.6. The second kappa shape index (κ2) is 12.2. The number of benzene rings is 2. The van der Waals surface area contributed by atoms with E-state index < -0.39 is 76.3 Å². The lowest BCUT2D eigenvalue weighted by Gasteiger charge is -2.39. The number of rotatable bonds is 6. The smallest absolute Gasteiger partial charge is 0.429 e. The highest BCUT2D eigenvalue weighted by molar-refractivity contribution is 6.30. The molecule has 0 bridgehead atoms. The molecule has 0 amide bonds. The number of hydrogen-bond donors (Lipinski definition) is 3. The van der Waals surface area contributed by atoms with Gasteiger partial charge in [0.15, 0.2) is 0 Å². The standard InChI is InChI=1S/C29H25ClF9N5O3/c30-17-1-2-18(19(10-17)14-7-15(27(31,32)33)9-16(8-14)28(34,35)36)23(29(37,38)39)47-22-11-21(42-25(40)43-22)44-5-3-26(4-6-44)12-20(24(45)46)41-13-26/h1-2,7-11,20,23,41H,3-6,12-13H2,(H,45,46)(H2,40,42,43). The number of hydrogen-bond acceptors (Lipinski definition) is 7. The highest BCUT2D eigenvalue weighted by atomic mass is 35.5. The van der Waals surface area contributed by atoms with Gasteiger partial charge in [0.25, 0.3) is 0 Å². The van der Waals surface area contributed by atoms with Crippen molar-refractivity contribution in [2.75, 3.05) is 30.3 Å². The minimum absolute atomic E-state index is 0.105. The summed E-state index contributed by atoms with van der Waals surface area (Å²) < 4.78 is 130. The van der Waals surface area contributed by atoms with Crippen LogP contribution in [0.5, 0.6) is 5.88 Å². The summed E-state index contributed by atoms with van der Waals surface area (Å²) in [6.07, 6.45) is -17.2. The van der Waals surface area contributed by atoms with E-state index in [0.717, 1.165) is 24.3 Å². The molecule has 8 nitrogen and oxygen atoms in total. The van der Waals surface area contributed by atoms with Gasteiger partial charge in [-0.15, -0.1) is 0 Å². The molecular formula is C29H25ClF9N5O3. The van der Waals surface area contributed by atoms with E-state index in [9.17, 15) is 49.4 Å². The van der Waals surface area contributed by atoms with Gasteiger partial charge < -0.3 is 25.8 Å². The van der Waals surface area contributed by atoms with Gasteiger partial charge in [-0.25, -0.2) is 0 Å². The first-order valence-corrected chi connectivity index (χ1v) is 14.3. The lowest BCUT2D eigenvalue weighted by Crippen LogP contribution is -2.41. The first kappa shape index (κ1) is 34.3. The zero-order chi connectivity index (χ0) is 34.5. The molecule has 0 radical (unpaired) electrons. The Bertz CT molecular complexity index is 1630. The van der Waals surface area contributed by atoms with Gasteiger partial charge in [-0.3, -0.25) is 4.79 Å². The van der Waals surface area contributed by atoms with Crippen LogP contribution in [0.15, 0.2) is 42.5 Å². The quantitative estimate of drug-likeness (QED) is 0.233. The lowest BCUT2D eigenvalue weighted by molar-refractivity contribution is -0.198. The van der Waals surface area contributed by atoms with Crippen LogP contribution in [-0.2, 0) is 17.1 Å². The van der Waals surface area contributed by atoms with E-state index in [1.165, 1.54) is 0 Å². The molecule has 1 spiro atoms. The minimum atomic E-state index is -5.26. The number of anilines is 2. The average Bonchev–Trinajstić information content (AvgIpc) is 3.38. The Morgan fingerprint density at radius 3 is 2.13 bits per heavy atom. The van der Waals surface area contributed by atoms with Crippen molar-refractivity contribution in [3.63, 3.8) is 0 Å². The van der Waals surface area contributed by atoms with E-state index in [2.05, 4.69) is 15.3 Å². The van der Waals surface area contributed by atoms with Gasteiger partial charge >= 0.3 is 24.5 Å². The van der Waals surface area contributed by atoms with Crippen molar-refractivity contribution in [3.8, 4) is 17.0 Å². The molecule has 47 heavy (non-hydrogen) atoms. The Balaban J connectivity index is 1.49. The van der Waals surface area contributed by atoms with Crippen molar-refractivity contribution in [2.45, 2.75) is 49.9 Å². The van der Waals surface area contributed by atoms with Crippen LogP contribution in [0.4, 0.5) is 51.3 Å². The molecule has 0 aliphatic carbocycles. The largest absolute Gasteiger partial charge is 0.480 e. The zero-order valence-corrected chi connectivity index (χ0v) is 24.7. The predicted octanol–water partition coefficient (Wildman–Crippen LogP) is 7.13. The number of piperidine rings is 1. The van der Waals surface area contributed by atoms with E-state index in [1.807, 2.05) is 0 Å². The van der Waals surface area contributed by atoms with E-state index >= 15 is 0 Å². The fourth-order valence-corrected chi connectivity index (χ4v) is 6.05. The maximum Gasteiger partial charge on any atom is 0.429 e. The number of carboxylic acid groups (broad SMARTS) is 1. The van der Waals surface area contributed by atoms with Crippen molar-refractivity contribution < 1.29 is 54.2 Å². The summed E-state index contributed by atoms with van der Waals surface area (Å²) >= 11 is 5.96. The molecule has 4 N–H and O–H groups in total. The van der Waals surface area contributed by atoms with E-state index in [0.29, 0.717) is 51.0 Å². The Morgan fingerprint density at radius 1 is 0.979 bits per heavy atom. The first-order valence-electron chi connectivity index (χ1n) is 13.9. The fraction of sp³-hybridized carbons (Fsp3) is 0.414. The number of nitrogens with one attached hydrogen (secondary N) is 1. The highest BCUT2D eigenvalue weighted by Crippen LogP contribution is 2.45. The topological polar surface area (TPSA) is 114 Å². The van der Waals surface area contributed by atoms with Crippen LogP contribution in [0, 0.1) is 5.41 Å². The van der Waals surface area contributed by atoms with Crippen molar-refractivity contribution in [3.05, 3.63) is 64.2 Å². The van der Waals surface area contributed by atoms with Crippen LogP contribution >= 0.6 is 11.6 Å². The molecule has 254 valence electrons. The van der Waals surface area contributed by atoms with Gasteiger partial charge in [0.2, 0.25) is 17.9 Å². The van der Waals surface area contributed by atoms with Gasteiger partial charge in [0.05, 0.1) is 11.1 Å². The number of carbonyl (C=O) groups is 1. The Kier molecular flexibility index (Phi) is 8.94. The minimum Gasteiger partial charge on any atom is -0.480 e. The monoisotopic (exact) mass is 697 g/mol. The molecule has 5 rings (SSSR count). The molecule has 2 aliphatic rings. The second-order valence-corrected chi connectivity index (χ2v) is 11.9. The van der Waals surface area contributed by atoms with Crippen LogP contribution in [-0.4, -0.2) is 52.9 Å². The number of carboxylic acids is 1. The number of halogens is 10. The van der Waals surface area contributed by atoms with Gasteiger partial charge in [-0.05, 0) is 66.1 Å². The molecule has 2 saturated heterocycles. The average molecular weight is 698 g/mol. The first-order chi connectivity index (χ1) is 21.7. The summed E-state index contributed by atoms with van der Waals surface area (Å²) in [5.41, 5.74) is -0.329. The number of nitrogens with two attached hydrogens (primary N) is 1. The number of nitrogen functional groups attached to an aromatic ring is 1. The predicted molar refractivity (Wildman–Crippen MR) is 151 cm³/mol. The highest BCUT2D eigenvalue weighted by Gasteiger charge is 2.46. The van der Waals surface area contributed by atoms with Crippen LogP contribution in [0.25, 0.3) is 11.1 Å². The fourth-order valence-electron chi connectivity index (χ4n) is 5.88. The molecule has 2 atom stereocenters. The number of aliphatic carboxylic acids is 1. The summed E-state index contributed by atoms with van der Waals surface area (Å²) in [4.78, 5) is 20.9. The van der Waals surface area contributed by atoms with Crippen LogP contribution in [0.3, 0.4) is 0 Å². The van der Waals surface area contributed by atoms with Gasteiger partial charge in [-0.1, -0.05) is 17.7 Å². The molecule has 2 unspecified atom stereocenters. The molecule has 2 aliphatic heterocycles. The third kappa shape index (κ3) is 7.61. The van der Waals surface area contributed by atoms with E-state index in [1.54, 1.807) is 4.90 Å². The SMILES string of the molecule is Nc1nc(OC(c2ccc(Cl)cc2-c2cc(C(F)(F)F)cc(C(F)(F)F)c2)C(F)(F)F)cc(N2CCC3(CC2)CNC(C(=O)O)C3)n1. The molecule has 1 aromatic heterocycles. The lowest BCUT2D eigenvalue weighted by atomic mass is 9.76. The second-order valence-electron chi connectivity index (χ2n) is 11.5. The third-order valence-electron chi connectivity index (χ3n) is 8.25. The molecular weight excluding hydrogens is 673 g/mol. The number of ether oxygens (including phenoxy) is 1.